The van der Waals surface area contributed by atoms with E-state index in [0.29, 0.717) is 46.1 Å². The first kappa shape index (κ1) is 25.1. The van der Waals surface area contributed by atoms with Crippen LogP contribution in [0, 0.1) is 0 Å². The van der Waals surface area contributed by atoms with Crippen LogP contribution in [-0.2, 0) is 16.1 Å². The van der Waals surface area contributed by atoms with Gasteiger partial charge in [-0.25, -0.2) is 4.79 Å². The second-order valence-electron chi connectivity index (χ2n) is 9.36. The van der Waals surface area contributed by atoms with Gasteiger partial charge >= 0.3 is 11.9 Å². The number of carbonyl (C=O) groups is 3. The van der Waals surface area contributed by atoms with Crippen molar-refractivity contribution in [3.63, 3.8) is 0 Å². The smallest absolute Gasteiger partial charge is 0.337 e. The van der Waals surface area contributed by atoms with Crippen molar-refractivity contribution in [3.05, 3.63) is 124 Å². The molecule has 3 heterocycles. The Morgan fingerprint density at radius 3 is 2.65 bits per heavy atom. The van der Waals surface area contributed by atoms with Gasteiger partial charge in [-0.3, -0.25) is 14.6 Å². The van der Waals surface area contributed by atoms with Gasteiger partial charge in [0.05, 0.1) is 24.7 Å². The molecular formula is C32H23NO7. The van der Waals surface area contributed by atoms with Crippen LogP contribution in [0.2, 0.25) is 0 Å². The number of esters is 2. The van der Waals surface area contributed by atoms with Gasteiger partial charge in [0, 0.05) is 29.4 Å². The Morgan fingerprint density at radius 2 is 1.88 bits per heavy atom. The lowest BCUT2D eigenvalue weighted by molar-refractivity contribution is -0.135. The van der Waals surface area contributed by atoms with Crippen molar-refractivity contribution in [1.29, 1.82) is 0 Å². The molecular weight excluding hydrogens is 510 g/mol. The molecule has 198 valence electrons. The number of allylic oxidation sites excluding steroid dienone is 1. The van der Waals surface area contributed by atoms with Crippen molar-refractivity contribution < 1.29 is 33.3 Å². The van der Waals surface area contributed by atoms with Crippen LogP contribution >= 0.6 is 0 Å². The van der Waals surface area contributed by atoms with E-state index in [1.165, 1.54) is 7.11 Å². The summed E-state index contributed by atoms with van der Waals surface area (Å²) >= 11 is 0. The van der Waals surface area contributed by atoms with Gasteiger partial charge in [0.2, 0.25) is 5.78 Å². The molecule has 0 saturated carbocycles. The molecule has 0 radical (unpaired) electrons. The first-order chi connectivity index (χ1) is 19.5. The largest absolute Gasteiger partial charge is 0.489 e. The minimum absolute atomic E-state index is 0.0844. The van der Waals surface area contributed by atoms with Crippen molar-refractivity contribution >= 4 is 23.8 Å². The Labute approximate surface area is 229 Å². The van der Waals surface area contributed by atoms with E-state index in [1.54, 1.807) is 54.9 Å². The summed E-state index contributed by atoms with van der Waals surface area (Å²) in [7, 11) is 1.32. The summed E-state index contributed by atoms with van der Waals surface area (Å²) in [6, 6.07) is 21.2. The standard InChI is InChI=1S/C32H23NO7/c1-37-32(36)21-9-7-19(8-10-21)14-27-30(35)24-11-12-26-29(31(24)40-27)25(16-28(34)39-26)22-5-2-6-23(15-22)38-18-20-4-3-13-33-17-20/h2-15,17,25H,16,18H2,1H3/b27-14-/t25-/m0/s1. The summed E-state index contributed by atoms with van der Waals surface area (Å²) in [5.74, 6) is 0.0141. The molecule has 8 heteroatoms. The highest BCUT2D eigenvalue weighted by molar-refractivity contribution is 6.15. The third-order valence-electron chi connectivity index (χ3n) is 6.80. The van der Waals surface area contributed by atoms with Crippen LogP contribution in [0.3, 0.4) is 0 Å². The summed E-state index contributed by atoms with van der Waals surface area (Å²) in [4.78, 5) is 41.7. The number of ketones is 1. The van der Waals surface area contributed by atoms with Crippen LogP contribution in [0.1, 0.15) is 55.3 Å². The van der Waals surface area contributed by atoms with E-state index in [2.05, 4.69) is 4.98 Å². The highest BCUT2D eigenvalue weighted by Crippen LogP contribution is 2.49. The van der Waals surface area contributed by atoms with Crippen molar-refractivity contribution in [2.24, 2.45) is 0 Å². The van der Waals surface area contributed by atoms with Crippen LogP contribution in [0.15, 0.2) is 90.9 Å². The number of nitrogens with zero attached hydrogens (tertiary/aromatic N) is 1. The summed E-state index contributed by atoms with van der Waals surface area (Å²) in [5, 5.41) is 0. The molecule has 0 amide bonds. The number of rotatable bonds is 6. The number of fused-ring (bicyclic) bond motifs is 3. The van der Waals surface area contributed by atoms with Gasteiger partial charge in [-0.2, -0.15) is 0 Å². The minimum Gasteiger partial charge on any atom is -0.489 e. The quantitative estimate of drug-likeness (QED) is 0.182. The predicted molar refractivity (Wildman–Crippen MR) is 144 cm³/mol. The molecule has 2 aliphatic heterocycles. The maximum Gasteiger partial charge on any atom is 0.337 e. The molecule has 0 aliphatic carbocycles. The molecule has 0 spiro atoms. The lowest BCUT2D eigenvalue weighted by Crippen LogP contribution is -2.21. The molecule has 0 unspecified atom stereocenters. The zero-order valence-corrected chi connectivity index (χ0v) is 21.5. The number of carbonyl (C=O) groups excluding carboxylic acids is 3. The molecule has 40 heavy (non-hydrogen) atoms. The van der Waals surface area contributed by atoms with E-state index in [0.717, 1.165) is 11.1 Å². The van der Waals surface area contributed by atoms with Gasteiger partial charge in [-0.15, -0.1) is 0 Å². The Kier molecular flexibility index (Phi) is 6.57. The van der Waals surface area contributed by atoms with Gasteiger partial charge < -0.3 is 18.9 Å². The fourth-order valence-electron chi connectivity index (χ4n) is 4.85. The third-order valence-corrected chi connectivity index (χ3v) is 6.80. The molecule has 3 aromatic carbocycles. The highest BCUT2D eigenvalue weighted by atomic mass is 16.5. The zero-order valence-electron chi connectivity index (χ0n) is 21.5. The second kappa shape index (κ2) is 10.5. The minimum atomic E-state index is -0.446. The van der Waals surface area contributed by atoms with Crippen molar-refractivity contribution in [2.75, 3.05) is 7.11 Å². The maximum atomic E-state index is 13.3. The number of hydrogen-bond acceptors (Lipinski definition) is 8. The number of aromatic nitrogens is 1. The number of benzene rings is 3. The third kappa shape index (κ3) is 4.82. The van der Waals surface area contributed by atoms with Crippen molar-refractivity contribution in [1.82, 2.24) is 4.98 Å². The van der Waals surface area contributed by atoms with Crippen LogP contribution in [0.5, 0.6) is 17.2 Å². The van der Waals surface area contributed by atoms with Crippen LogP contribution in [-0.4, -0.2) is 29.8 Å². The average molecular weight is 534 g/mol. The van der Waals surface area contributed by atoms with Gasteiger partial charge in [0.25, 0.3) is 0 Å². The molecule has 8 nitrogen and oxygen atoms in total. The average Bonchev–Trinajstić information content (AvgIpc) is 3.30. The predicted octanol–water partition coefficient (Wildman–Crippen LogP) is 5.50. The molecule has 0 saturated heterocycles. The van der Waals surface area contributed by atoms with Gasteiger partial charge in [-0.1, -0.05) is 30.3 Å². The highest BCUT2D eigenvalue weighted by Gasteiger charge is 2.38. The fourth-order valence-corrected chi connectivity index (χ4v) is 4.85. The van der Waals surface area contributed by atoms with E-state index < -0.39 is 11.9 Å². The molecule has 0 N–H and O–H groups in total. The van der Waals surface area contributed by atoms with Crippen molar-refractivity contribution in [3.8, 4) is 17.2 Å². The normalized spacial score (nSPS) is 16.5. The number of pyridine rings is 1. The Hall–Kier alpha value is -5.24. The van der Waals surface area contributed by atoms with E-state index in [9.17, 15) is 14.4 Å². The maximum absolute atomic E-state index is 13.3. The summed E-state index contributed by atoms with van der Waals surface area (Å²) in [6.07, 6.45) is 5.15. The Balaban J connectivity index is 1.31. The molecule has 0 fully saturated rings. The molecule has 6 rings (SSSR count). The lowest BCUT2D eigenvalue weighted by Gasteiger charge is -2.26. The van der Waals surface area contributed by atoms with Crippen LogP contribution in [0.4, 0.5) is 0 Å². The molecule has 0 bridgehead atoms. The van der Waals surface area contributed by atoms with E-state index in [-0.39, 0.29) is 23.9 Å². The lowest BCUT2D eigenvalue weighted by atomic mass is 9.84. The van der Waals surface area contributed by atoms with Gasteiger partial charge in [-0.05, 0) is 59.7 Å². The van der Waals surface area contributed by atoms with E-state index in [4.69, 9.17) is 18.9 Å². The van der Waals surface area contributed by atoms with E-state index >= 15 is 0 Å². The van der Waals surface area contributed by atoms with Crippen molar-refractivity contribution in [2.45, 2.75) is 18.9 Å². The molecule has 1 atom stereocenters. The number of methoxy groups -OCH3 is 1. The van der Waals surface area contributed by atoms with Crippen LogP contribution < -0.4 is 14.2 Å². The topological polar surface area (TPSA) is 101 Å². The first-order valence-electron chi connectivity index (χ1n) is 12.6. The zero-order chi connectivity index (χ0) is 27.6. The molecule has 4 aromatic rings. The number of ether oxygens (including phenoxy) is 4. The SMILES string of the molecule is COC(=O)c1ccc(/C=C2\Oc3c(ccc4c3[C@H](c3cccc(OCc5cccnc5)c3)CC(=O)O4)C2=O)cc1. The fraction of sp³-hybridized carbons (Fsp3) is 0.125. The summed E-state index contributed by atoms with van der Waals surface area (Å²) < 4.78 is 22.4. The Bertz CT molecular complexity index is 1660. The van der Waals surface area contributed by atoms with E-state index in [1.807, 2.05) is 36.4 Å². The monoisotopic (exact) mass is 533 g/mol. The van der Waals surface area contributed by atoms with Gasteiger partial charge in [0.1, 0.15) is 23.9 Å². The number of Topliss-reactive ketones (excluding diaryl/α,β-unsaturated/α-hetero) is 1. The summed E-state index contributed by atoms with van der Waals surface area (Å²) in [5.41, 5.74) is 3.88. The van der Waals surface area contributed by atoms with Gasteiger partial charge in [0.15, 0.2) is 5.76 Å². The first-order valence-corrected chi connectivity index (χ1v) is 12.6. The second-order valence-corrected chi connectivity index (χ2v) is 9.36. The number of hydrogen-bond donors (Lipinski definition) is 0. The molecule has 1 aromatic heterocycles. The summed E-state index contributed by atoms with van der Waals surface area (Å²) in [6.45, 7) is 0.350. The van der Waals surface area contributed by atoms with Crippen LogP contribution in [0.25, 0.3) is 6.08 Å². The Morgan fingerprint density at radius 1 is 1.02 bits per heavy atom. The molecule has 2 aliphatic rings.